The van der Waals surface area contributed by atoms with Crippen LogP contribution in [-0.2, 0) is 17.8 Å². The van der Waals surface area contributed by atoms with E-state index >= 15 is 0 Å². The van der Waals surface area contributed by atoms with Crippen LogP contribution in [0, 0.1) is 19.8 Å². The van der Waals surface area contributed by atoms with Crippen molar-refractivity contribution in [3.63, 3.8) is 0 Å². The maximum Gasteiger partial charge on any atom is 0.220 e. The standard InChI is InChI=1S/C17H28N4O/c1-4-21-13(3)15(12(2)19-21)5-6-17(22)18-16-11-20-9-7-14(16)8-10-20/h14,16H,4-11H2,1-3H3,(H,18,22). The lowest BCUT2D eigenvalue weighted by atomic mass is 9.84. The number of carbonyl (C=O) groups excluding carboxylic acids is 1. The highest BCUT2D eigenvalue weighted by Crippen LogP contribution is 2.27. The van der Waals surface area contributed by atoms with Gasteiger partial charge in [-0.15, -0.1) is 0 Å². The summed E-state index contributed by atoms with van der Waals surface area (Å²) >= 11 is 0. The van der Waals surface area contributed by atoms with Crippen LogP contribution in [0.2, 0.25) is 0 Å². The molecule has 1 unspecified atom stereocenters. The lowest BCUT2D eigenvalue weighted by Crippen LogP contribution is -2.57. The van der Waals surface area contributed by atoms with Gasteiger partial charge in [-0.25, -0.2) is 0 Å². The van der Waals surface area contributed by atoms with Crippen LogP contribution < -0.4 is 5.32 Å². The number of nitrogens with one attached hydrogen (secondary N) is 1. The van der Waals surface area contributed by atoms with Crippen molar-refractivity contribution >= 4 is 5.91 Å². The molecule has 1 N–H and O–H groups in total. The zero-order valence-electron chi connectivity index (χ0n) is 14.1. The monoisotopic (exact) mass is 304 g/mol. The zero-order chi connectivity index (χ0) is 15.7. The molecule has 0 saturated carbocycles. The average molecular weight is 304 g/mol. The van der Waals surface area contributed by atoms with Crippen LogP contribution in [0.1, 0.15) is 43.1 Å². The van der Waals surface area contributed by atoms with Gasteiger partial charge in [-0.1, -0.05) is 0 Å². The van der Waals surface area contributed by atoms with Gasteiger partial charge in [0.25, 0.3) is 0 Å². The summed E-state index contributed by atoms with van der Waals surface area (Å²) in [5.74, 6) is 0.891. The van der Waals surface area contributed by atoms with Crippen LogP contribution in [0.4, 0.5) is 0 Å². The van der Waals surface area contributed by atoms with Crippen molar-refractivity contribution in [2.24, 2.45) is 5.92 Å². The average Bonchev–Trinajstić information content (AvgIpc) is 2.80. The normalized spacial score (nSPS) is 27.1. The van der Waals surface area contributed by atoms with Crippen LogP contribution in [-0.4, -0.2) is 46.3 Å². The third-order valence-electron chi connectivity index (χ3n) is 5.44. The maximum absolute atomic E-state index is 12.3. The molecular weight excluding hydrogens is 276 g/mol. The number of carbonyl (C=O) groups is 1. The van der Waals surface area contributed by atoms with Crippen molar-refractivity contribution in [3.8, 4) is 0 Å². The smallest absolute Gasteiger partial charge is 0.220 e. The Morgan fingerprint density at radius 3 is 2.59 bits per heavy atom. The Labute approximate surface area is 133 Å². The van der Waals surface area contributed by atoms with Gasteiger partial charge in [0.2, 0.25) is 5.91 Å². The zero-order valence-corrected chi connectivity index (χ0v) is 14.1. The molecule has 3 aliphatic rings. The van der Waals surface area contributed by atoms with Gasteiger partial charge in [0.05, 0.1) is 5.69 Å². The summed E-state index contributed by atoms with van der Waals surface area (Å²) in [6.07, 6.45) is 3.85. The molecule has 122 valence electrons. The lowest BCUT2D eigenvalue weighted by molar-refractivity contribution is -0.123. The van der Waals surface area contributed by atoms with Gasteiger partial charge in [-0.3, -0.25) is 9.48 Å². The van der Waals surface area contributed by atoms with Crippen LogP contribution >= 0.6 is 0 Å². The number of amides is 1. The molecular formula is C17H28N4O. The molecule has 3 fully saturated rings. The maximum atomic E-state index is 12.3. The van der Waals surface area contributed by atoms with Gasteiger partial charge in [0, 0.05) is 31.2 Å². The molecule has 1 aromatic heterocycles. The molecule has 5 heteroatoms. The van der Waals surface area contributed by atoms with Crippen molar-refractivity contribution in [1.82, 2.24) is 20.0 Å². The van der Waals surface area contributed by atoms with E-state index in [0.29, 0.717) is 18.4 Å². The Bertz CT molecular complexity index is 543. The number of piperidine rings is 3. The molecule has 0 radical (unpaired) electrons. The minimum Gasteiger partial charge on any atom is -0.352 e. The molecule has 3 aliphatic heterocycles. The van der Waals surface area contributed by atoms with Crippen molar-refractivity contribution in [1.29, 1.82) is 0 Å². The molecule has 1 atom stereocenters. The summed E-state index contributed by atoms with van der Waals surface area (Å²) < 4.78 is 2.02. The second-order valence-electron chi connectivity index (χ2n) is 6.78. The van der Waals surface area contributed by atoms with Crippen LogP contribution in [0.3, 0.4) is 0 Å². The highest BCUT2D eigenvalue weighted by Gasteiger charge is 2.34. The number of fused-ring (bicyclic) bond motifs is 3. The number of aryl methyl sites for hydroxylation is 2. The fourth-order valence-electron chi connectivity index (χ4n) is 4.05. The number of hydrogen-bond donors (Lipinski definition) is 1. The number of hydrogen-bond acceptors (Lipinski definition) is 3. The van der Waals surface area contributed by atoms with Crippen LogP contribution in [0.5, 0.6) is 0 Å². The largest absolute Gasteiger partial charge is 0.352 e. The first-order valence-corrected chi connectivity index (χ1v) is 8.63. The second kappa shape index (κ2) is 6.41. The molecule has 0 spiro atoms. The summed E-state index contributed by atoms with van der Waals surface area (Å²) in [6.45, 7) is 10.6. The van der Waals surface area contributed by atoms with Crippen molar-refractivity contribution in [2.75, 3.05) is 19.6 Å². The Morgan fingerprint density at radius 2 is 2.05 bits per heavy atom. The summed E-state index contributed by atoms with van der Waals surface area (Å²) in [6, 6.07) is 0.371. The Hall–Kier alpha value is -1.36. The van der Waals surface area contributed by atoms with Crippen LogP contribution in [0.25, 0.3) is 0 Å². The molecule has 1 amide bonds. The topological polar surface area (TPSA) is 50.2 Å². The molecule has 4 rings (SSSR count). The Morgan fingerprint density at radius 1 is 1.32 bits per heavy atom. The van der Waals surface area contributed by atoms with E-state index in [9.17, 15) is 4.79 Å². The summed E-state index contributed by atoms with van der Waals surface area (Å²) in [5.41, 5.74) is 3.51. The van der Waals surface area contributed by atoms with Gasteiger partial charge in [0.1, 0.15) is 0 Å². The van der Waals surface area contributed by atoms with E-state index in [4.69, 9.17) is 0 Å². The molecule has 2 bridgehead atoms. The first kappa shape index (κ1) is 15.5. The van der Waals surface area contributed by atoms with Crippen LogP contribution in [0.15, 0.2) is 0 Å². The molecule has 0 aromatic carbocycles. The van der Waals surface area contributed by atoms with Crippen molar-refractivity contribution in [3.05, 3.63) is 17.0 Å². The quantitative estimate of drug-likeness (QED) is 0.900. The lowest BCUT2D eigenvalue weighted by Gasteiger charge is -2.44. The predicted molar refractivity (Wildman–Crippen MR) is 86.8 cm³/mol. The van der Waals surface area contributed by atoms with E-state index in [2.05, 4.69) is 29.2 Å². The number of rotatable bonds is 5. The Balaban J connectivity index is 1.53. The number of nitrogens with zero attached hydrogens (tertiary/aromatic N) is 3. The van der Waals surface area contributed by atoms with E-state index in [1.54, 1.807) is 0 Å². The summed E-state index contributed by atoms with van der Waals surface area (Å²) in [4.78, 5) is 14.8. The van der Waals surface area contributed by atoms with E-state index in [-0.39, 0.29) is 5.91 Å². The van der Waals surface area contributed by atoms with Gasteiger partial charge in [0.15, 0.2) is 0 Å². The third kappa shape index (κ3) is 3.05. The predicted octanol–water partition coefficient (Wildman–Crippen LogP) is 1.66. The fourth-order valence-corrected chi connectivity index (χ4v) is 4.05. The highest BCUT2D eigenvalue weighted by molar-refractivity contribution is 5.76. The second-order valence-corrected chi connectivity index (χ2v) is 6.78. The van der Waals surface area contributed by atoms with E-state index in [1.165, 1.54) is 37.2 Å². The SMILES string of the molecule is CCn1nc(C)c(CCC(=O)NC2CN3CCC2CC3)c1C. The van der Waals surface area contributed by atoms with Gasteiger partial charge in [-0.2, -0.15) is 5.10 Å². The van der Waals surface area contributed by atoms with E-state index in [1.807, 2.05) is 11.6 Å². The van der Waals surface area contributed by atoms with Crippen molar-refractivity contribution < 1.29 is 4.79 Å². The minimum absolute atomic E-state index is 0.196. The van der Waals surface area contributed by atoms with Crippen molar-refractivity contribution in [2.45, 2.75) is 59.0 Å². The van der Waals surface area contributed by atoms with Gasteiger partial charge in [-0.05, 0) is 64.6 Å². The molecule has 22 heavy (non-hydrogen) atoms. The number of aromatic nitrogens is 2. The molecule has 4 heterocycles. The van der Waals surface area contributed by atoms with E-state index < -0.39 is 0 Å². The molecule has 0 aliphatic carbocycles. The summed E-state index contributed by atoms with van der Waals surface area (Å²) in [7, 11) is 0. The van der Waals surface area contributed by atoms with Gasteiger partial charge < -0.3 is 10.2 Å². The molecule has 1 aromatic rings. The third-order valence-corrected chi connectivity index (χ3v) is 5.44. The molecule has 3 saturated heterocycles. The van der Waals surface area contributed by atoms with Gasteiger partial charge >= 0.3 is 0 Å². The molecule has 5 nitrogen and oxygen atoms in total. The fraction of sp³-hybridized carbons (Fsp3) is 0.765. The summed E-state index contributed by atoms with van der Waals surface area (Å²) in [5, 5.41) is 7.80. The Kier molecular flexibility index (Phi) is 4.52. The first-order valence-electron chi connectivity index (χ1n) is 8.63. The minimum atomic E-state index is 0.196. The first-order chi connectivity index (χ1) is 10.6. The highest BCUT2D eigenvalue weighted by atomic mass is 16.1. The van der Waals surface area contributed by atoms with E-state index in [0.717, 1.165) is 25.2 Å².